The van der Waals surface area contributed by atoms with Crippen molar-refractivity contribution in [3.63, 3.8) is 0 Å². The standard InChI is InChI=1S/C46H58ClN9O10S2/c1-6-27(5)39(54-40(58)33(21-26(3)4)51-41(59)35-25-49-19-20-50-35)42(60)52-34(22-28-13-9-8-10-14-28)44(62)56(38(57)23-29(48)7-2)45(63)43(61)55-68(64,65)30-17-18-37(31(47)24-30)67-46-53-32-15-11-12-16-36(32)66-46/h11-12,15-20,24-29,33-34,39H,6-10,13-14,21-23,48H2,1-5H3,(H,51,59)(H,52,60)(H,54,58)(H,55,61)/t27-,29-,33-,34-,39-/m0/s1. The second-order valence-corrected chi connectivity index (χ2v) is 20.3. The SMILES string of the molecule is CC[C@H](N)CC(=O)N(C(=O)C(=O)NS(=O)(=O)c1ccc(Sc2nc3ccccc3o2)c(Cl)c1)C(=O)[C@H](CC1CCCCC1)NC(=O)[C@@H](NC(=O)[C@H](CC(C)C)NC(=O)c1cnccn1)[C@@H](C)CC. The van der Waals surface area contributed by atoms with Gasteiger partial charge in [-0.1, -0.05) is 96.9 Å². The van der Waals surface area contributed by atoms with Crippen LogP contribution < -0.4 is 26.4 Å². The van der Waals surface area contributed by atoms with E-state index in [0.29, 0.717) is 35.3 Å². The van der Waals surface area contributed by atoms with Crippen LogP contribution in [0.1, 0.15) is 109 Å². The van der Waals surface area contributed by atoms with Crippen molar-refractivity contribution in [3.05, 3.63) is 71.8 Å². The first-order valence-electron chi connectivity index (χ1n) is 22.6. The maximum absolute atomic E-state index is 14.7. The molecule has 0 radical (unpaired) electrons. The lowest BCUT2D eigenvalue weighted by Gasteiger charge is -2.32. The Balaban J connectivity index is 1.40. The molecule has 7 amide bonds. The maximum Gasteiger partial charge on any atom is 0.326 e. The number of hydrogen-bond acceptors (Lipinski definition) is 15. The molecule has 19 nitrogen and oxygen atoms in total. The zero-order valence-corrected chi connectivity index (χ0v) is 40.9. The molecule has 0 aliphatic heterocycles. The molecule has 1 aliphatic rings. The predicted octanol–water partition coefficient (Wildman–Crippen LogP) is 5.07. The monoisotopic (exact) mass is 995 g/mol. The Morgan fingerprint density at radius 1 is 0.912 bits per heavy atom. The molecular formula is C46H58ClN9O10S2. The first-order valence-corrected chi connectivity index (χ1v) is 25.2. The van der Waals surface area contributed by atoms with E-state index in [4.69, 9.17) is 21.8 Å². The Morgan fingerprint density at radius 2 is 1.63 bits per heavy atom. The summed E-state index contributed by atoms with van der Waals surface area (Å²) >= 11 is 7.49. The van der Waals surface area contributed by atoms with Gasteiger partial charge in [-0.25, -0.2) is 28.0 Å². The Morgan fingerprint density at radius 3 is 2.26 bits per heavy atom. The van der Waals surface area contributed by atoms with Gasteiger partial charge in [0.15, 0.2) is 5.58 Å². The van der Waals surface area contributed by atoms with Gasteiger partial charge < -0.3 is 26.1 Å². The van der Waals surface area contributed by atoms with Gasteiger partial charge in [-0.2, -0.15) is 0 Å². The van der Waals surface area contributed by atoms with Gasteiger partial charge in [0, 0.05) is 29.8 Å². The molecule has 2 aromatic heterocycles. The van der Waals surface area contributed by atoms with Gasteiger partial charge in [-0.3, -0.25) is 38.5 Å². The summed E-state index contributed by atoms with van der Waals surface area (Å²) in [5.74, 6) is -9.13. The number of nitrogens with two attached hydrogens (primary N) is 1. The summed E-state index contributed by atoms with van der Waals surface area (Å²) < 4.78 is 34.6. The van der Waals surface area contributed by atoms with Crippen molar-refractivity contribution < 1.29 is 46.4 Å². The highest BCUT2D eigenvalue weighted by molar-refractivity contribution is 7.99. The third-order valence-corrected chi connectivity index (χ3v) is 14.2. The number of nitrogens with one attached hydrogen (secondary N) is 4. The zero-order chi connectivity index (χ0) is 49.7. The number of sulfonamides is 1. The number of nitrogens with zero attached hydrogens (tertiary/aromatic N) is 4. The number of carbonyl (C=O) groups is 7. The minimum absolute atomic E-state index is 0.0274. The van der Waals surface area contributed by atoms with Gasteiger partial charge >= 0.3 is 11.8 Å². The van der Waals surface area contributed by atoms with Gasteiger partial charge in [-0.15, -0.1) is 0 Å². The molecule has 1 fully saturated rings. The van der Waals surface area contributed by atoms with Gasteiger partial charge in [0.1, 0.15) is 29.3 Å². The van der Waals surface area contributed by atoms with E-state index >= 15 is 0 Å². The number of rotatable bonds is 20. The number of benzene rings is 2. The lowest BCUT2D eigenvalue weighted by atomic mass is 9.84. The Kier molecular flexibility index (Phi) is 19.2. The summed E-state index contributed by atoms with van der Waals surface area (Å²) in [4.78, 5) is 110. The molecule has 1 aliphatic carbocycles. The van der Waals surface area contributed by atoms with Crippen LogP contribution in [0.5, 0.6) is 0 Å². The highest BCUT2D eigenvalue weighted by atomic mass is 35.5. The van der Waals surface area contributed by atoms with Gasteiger partial charge in [0.25, 0.3) is 27.1 Å². The van der Waals surface area contributed by atoms with E-state index in [-0.39, 0.29) is 51.9 Å². The highest BCUT2D eigenvalue weighted by Crippen LogP contribution is 2.36. The van der Waals surface area contributed by atoms with Crippen LogP contribution in [0.25, 0.3) is 11.1 Å². The number of imide groups is 3. The van der Waals surface area contributed by atoms with E-state index in [1.807, 2.05) is 13.8 Å². The molecule has 5 rings (SSSR count). The number of oxazole rings is 1. The Hall–Kier alpha value is -5.77. The summed E-state index contributed by atoms with van der Waals surface area (Å²) in [6.45, 7) is 8.85. The molecule has 1 saturated carbocycles. The van der Waals surface area contributed by atoms with Crippen molar-refractivity contribution in [1.82, 2.24) is 40.5 Å². The Labute approximate surface area is 404 Å². The van der Waals surface area contributed by atoms with Crippen LogP contribution >= 0.6 is 23.4 Å². The molecule has 68 heavy (non-hydrogen) atoms. The molecule has 22 heteroatoms. The van der Waals surface area contributed by atoms with Crippen LogP contribution in [0, 0.1) is 17.8 Å². The molecule has 366 valence electrons. The van der Waals surface area contributed by atoms with E-state index in [2.05, 4.69) is 30.9 Å². The molecular weight excluding hydrogens is 938 g/mol. The zero-order valence-electron chi connectivity index (χ0n) is 38.5. The summed E-state index contributed by atoms with van der Waals surface area (Å²) in [7, 11) is -4.86. The largest absolute Gasteiger partial charge is 0.431 e. The second kappa shape index (κ2) is 24.5. The van der Waals surface area contributed by atoms with Gasteiger partial charge in [0.2, 0.25) is 17.7 Å². The number of hydrogen-bond donors (Lipinski definition) is 5. The highest BCUT2D eigenvalue weighted by Gasteiger charge is 2.42. The van der Waals surface area contributed by atoms with Crippen molar-refractivity contribution >= 4 is 85.8 Å². The van der Waals surface area contributed by atoms with Crippen LogP contribution in [-0.4, -0.2) is 93.8 Å². The summed E-state index contributed by atoms with van der Waals surface area (Å²) in [6.07, 6.45) is 8.00. The smallest absolute Gasteiger partial charge is 0.326 e. The average molecular weight is 997 g/mol. The third-order valence-electron chi connectivity index (χ3n) is 11.6. The minimum Gasteiger partial charge on any atom is -0.431 e. The lowest BCUT2D eigenvalue weighted by molar-refractivity contribution is -0.160. The van der Waals surface area contributed by atoms with Crippen LogP contribution in [0.2, 0.25) is 5.02 Å². The molecule has 5 atom stereocenters. The summed E-state index contributed by atoms with van der Waals surface area (Å²) in [6, 6.07) is 5.70. The van der Waals surface area contributed by atoms with E-state index < -0.39 is 92.8 Å². The fraction of sp³-hybridized carbons (Fsp3) is 0.478. The minimum atomic E-state index is -4.86. The maximum atomic E-state index is 14.7. The van der Waals surface area contributed by atoms with Crippen LogP contribution in [0.15, 0.2) is 80.5 Å². The normalized spacial score (nSPS) is 15.4. The fourth-order valence-corrected chi connectivity index (χ4v) is 9.63. The summed E-state index contributed by atoms with van der Waals surface area (Å²) in [5.41, 5.74) is 7.18. The molecule has 6 N–H and O–H groups in total. The Bertz CT molecular complexity index is 2540. The topological polar surface area (TPSA) is 283 Å². The molecule has 2 heterocycles. The molecule has 0 spiro atoms. The van der Waals surface area contributed by atoms with Crippen molar-refractivity contribution in [2.24, 2.45) is 23.5 Å². The summed E-state index contributed by atoms with van der Waals surface area (Å²) in [5, 5.41) is 8.26. The van der Waals surface area contributed by atoms with Crippen molar-refractivity contribution in [2.75, 3.05) is 0 Å². The first kappa shape index (κ1) is 53.2. The van der Waals surface area contributed by atoms with Crippen LogP contribution in [0.4, 0.5) is 0 Å². The number of carbonyl (C=O) groups excluding carboxylic acids is 7. The molecule has 0 saturated heterocycles. The molecule has 2 aromatic carbocycles. The predicted molar refractivity (Wildman–Crippen MR) is 252 cm³/mol. The van der Waals surface area contributed by atoms with Crippen LogP contribution in [-0.2, 0) is 38.8 Å². The molecule has 4 aromatic rings. The van der Waals surface area contributed by atoms with Crippen molar-refractivity contribution in [1.29, 1.82) is 0 Å². The fourth-order valence-electron chi connectivity index (χ4n) is 7.54. The van der Waals surface area contributed by atoms with E-state index in [1.54, 1.807) is 49.8 Å². The second-order valence-electron chi connectivity index (χ2n) is 17.2. The third kappa shape index (κ3) is 14.4. The molecule has 0 unspecified atom stereocenters. The average Bonchev–Trinajstić information content (AvgIpc) is 3.73. The van der Waals surface area contributed by atoms with Crippen LogP contribution in [0.3, 0.4) is 0 Å². The number of para-hydroxylation sites is 2. The number of halogens is 1. The van der Waals surface area contributed by atoms with Gasteiger partial charge in [0.05, 0.1) is 16.1 Å². The quantitative estimate of drug-likeness (QED) is 0.0723. The van der Waals surface area contributed by atoms with E-state index in [0.717, 1.165) is 43.2 Å². The van der Waals surface area contributed by atoms with Crippen molar-refractivity contribution in [2.45, 2.75) is 138 Å². The number of amides is 7. The van der Waals surface area contributed by atoms with Crippen molar-refractivity contribution in [3.8, 4) is 0 Å². The van der Waals surface area contributed by atoms with Gasteiger partial charge in [-0.05, 0) is 79.1 Å². The van der Waals surface area contributed by atoms with E-state index in [1.165, 1.54) is 24.7 Å². The first-order chi connectivity index (χ1) is 32.3. The van der Waals surface area contributed by atoms with E-state index in [9.17, 15) is 42.0 Å². The number of aromatic nitrogens is 3. The molecule has 0 bridgehead atoms. The lowest BCUT2D eigenvalue weighted by Crippen LogP contribution is -2.61. The number of fused-ring (bicyclic) bond motifs is 1.